The van der Waals surface area contributed by atoms with Crippen LogP contribution >= 0.6 is 0 Å². The minimum Gasteiger partial charge on any atom is -0.391 e. The van der Waals surface area contributed by atoms with Crippen molar-refractivity contribution < 1.29 is 0 Å². The molecule has 0 amide bonds. The van der Waals surface area contributed by atoms with Gasteiger partial charge in [0.15, 0.2) is 0 Å². The van der Waals surface area contributed by atoms with Gasteiger partial charge in [0.1, 0.15) is 0 Å². The fraction of sp³-hybridized carbons (Fsp3) is 0.529. The molecule has 0 fully saturated rings. The Morgan fingerprint density at radius 1 is 0.950 bits per heavy atom. The molecule has 0 aromatic heterocycles. The van der Waals surface area contributed by atoms with Crippen LogP contribution in [-0.2, 0) is 0 Å². The lowest BCUT2D eigenvalue weighted by molar-refractivity contribution is 0.127. The second-order valence-electron chi connectivity index (χ2n) is 5.08. The van der Waals surface area contributed by atoms with Crippen molar-refractivity contribution in [3.05, 3.63) is 50.2 Å². The van der Waals surface area contributed by atoms with Crippen molar-refractivity contribution in [2.24, 2.45) is 0 Å². The first-order chi connectivity index (χ1) is 9.51. The maximum Gasteiger partial charge on any atom is 0.0382 e. The highest BCUT2D eigenvalue weighted by Crippen LogP contribution is 2.12. The molecule has 0 aromatic rings. The van der Waals surface area contributed by atoms with E-state index < -0.39 is 0 Å². The van der Waals surface area contributed by atoms with Crippen LogP contribution in [0, 0.1) is 0 Å². The molecule has 0 saturated heterocycles. The molecular weight excluding hydrogens is 246 g/mol. The number of hydrogen-bond acceptors (Lipinski definition) is 3. The standard InChI is InChI=1S/C17H31N3/c1-8-11-19(12-9-2)16(5)17(6)20(13-10-3)14-15(4)18-7/h8-10,16-18H,1-4,11-14H2,5-7H3. The summed E-state index contributed by atoms with van der Waals surface area (Å²) in [5.41, 5.74) is 1.02. The summed E-state index contributed by atoms with van der Waals surface area (Å²) in [6.07, 6.45) is 5.83. The second-order valence-corrected chi connectivity index (χ2v) is 5.08. The molecule has 0 aliphatic carbocycles. The lowest BCUT2D eigenvalue weighted by Gasteiger charge is -2.38. The third-order valence-electron chi connectivity index (χ3n) is 3.69. The van der Waals surface area contributed by atoms with Gasteiger partial charge in [-0.1, -0.05) is 24.8 Å². The second kappa shape index (κ2) is 10.5. The van der Waals surface area contributed by atoms with E-state index in [-0.39, 0.29) is 0 Å². The molecule has 1 N–H and O–H groups in total. The molecule has 0 bridgehead atoms. The third kappa shape index (κ3) is 6.22. The zero-order chi connectivity index (χ0) is 15.5. The van der Waals surface area contributed by atoms with Gasteiger partial charge < -0.3 is 5.32 Å². The van der Waals surface area contributed by atoms with E-state index in [4.69, 9.17) is 0 Å². The molecule has 114 valence electrons. The minimum absolute atomic E-state index is 0.387. The molecule has 0 heterocycles. The fourth-order valence-electron chi connectivity index (χ4n) is 2.21. The molecule has 2 atom stereocenters. The first-order valence-corrected chi connectivity index (χ1v) is 7.18. The van der Waals surface area contributed by atoms with E-state index in [1.54, 1.807) is 0 Å². The summed E-state index contributed by atoms with van der Waals surface area (Å²) in [5.74, 6) is 0. The molecule has 0 radical (unpaired) electrons. The fourth-order valence-corrected chi connectivity index (χ4v) is 2.21. The molecule has 3 heteroatoms. The van der Waals surface area contributed by atoms with Crippen molar-refractivity contribution in [2.45, 2.75) is 25.9 Å². The van der Waals surface area contributed by atoms with Gasteiger partial charge in [-0.2, -0.15) is 0 Å². The van der Waals surface area contributed by atoms with Crippen LogP contribution in [0.25, 0.3) is 0 Å². The highest BCUT2D eigenvalue weighted by atomic mass is 15.2. The highest BCUT2D eigenvalue weighted by molar-refractivity contribution is 4.98. The quantitative estimate of drug-likeness (QED) is 0.553. The summed E-state index contributed by atoms with van der Waals surface area (Å²) in [4.78, 5) is 4.73. The van der Waals surface area contributed by atoms with Crippen molar-refractivity contribution in [2.75, 3.05) is 33.2 Å². The largest absolute Gasteiger partial charge is 0.391 e. The molecule has 0 saturated carbocycles. The number of nitrogens with zero attached hydrogens (tertiary/aromatic N) is 2. The van der Waals surface area contributed by atoms with Gasteiger partial charge in [0.25, 0.3) is 0 Å². The highest BCUT2D eigenvalue weighted by Gasteiger charge is 2.23. The van der Waals surface area contributed by atoms with Gasteiger partial charge in [-0.05, 0) is 13.8 Å². The Labute approximate surface area is 125 Å². The van der Waals surface area contributed by atoms with Crippen LogP contribution in [-0.4, -0.2) is 55.1 Å². The topological polar surface area (TPSA) is 18.5 Å². The van der Waals surface area contributed by atoms with Crippen LogP contribution in [0.3, 0.4) is 0 Å². The summed E-state index contributed by atoms with van der Waals surface area (Å²) in [7, 11) is 1.91. The zero-order valence-corrected chi connectivity index (χ0v) is 13.4. The smallest absolute Gasteiger partial charge is 0.0382 e. The summed E-state index contributed by atoms with van der Waals surface area (Å²) in [5, 5.41) is 3.11. The average Bonchev–Trinajstić information content (AvgIpc) is 2.44. The van der Waals surface area contributed by atoms with Crippen molar-refractivity contribution in [3.63, 3.8) is 0 Å². The van der Waals surface area contributed by atoms with E-state index in [1.807, 2.05) is 25.3 Å². The predicted octanol–water partition coefficient (Wildman–Crippen LogP) is 2.66. The van der Waals surface area contributed by atoms with Crippen LogP contribution < -0.4 is 5.32 Å². The molecule has 0 aliphatic rings. The Morgan fingerprint density at radius 3 is 1.75 bits per heavy atom. The van der Waals surface area contributed by atoms with Crippen molar-refractivity contribution in [1.82, 2.24) is 15.1 Å². The zero-order valence-electron chi connectivity index (χ0n) is 13.4. The minimum atomic E-state index is 0.387. The van der Waals surface area contributed by atoms with E-state index in [2.05, 4.69) is 55.3 Å². The number of hydrogen-bond donors (Lipinski definition) is 1. The van der Waals surface area contributed by atoms with Crippen LogP contribution in [0.15, 0.2) is 50.2 Å². The summed E-state index contributed by atoms with van der Waals surface area (Å²) in [6.45, 7) is 23.5. The van der Waals surface area contributed by atoms with Gasteiger partial charge in [0.2, 0.25) is 0 Å². The number of likely N-dealkylation sites (N-methyl/N-ethyl adjacent to an activating group) is 1. The van der Waals surface area contributed by atoms with E-state index in [1.165, 1.54) is 0 Å². The third-order valence-corrected chi connectivity index (χ3v) is 3.69. The van der Waals surface area contributed by atoms with E-state index in [0.29, 0.717) is 12.1 Å². The van der Waals surface area contributed by atoms with E-state index in [9.17, 15) is 0 Å². The van der Waals surface area contributed by atoms with Crippen LogP contribution in [0.4, 0.5) is 0 Å². The SMILES string of the molecule is C=CCN(CC=C)C(C)C(C)N(CC=C)CC(=C)NC. The van der Waals surface area contributed by atoms with Gasteiger partial charge in [-0.3, -0.25) is 9.80 Å². The van der Waals surface area contributed by atoms with Gasteiger partial charge in [0, 0.05) is 51.0 Å². The van der Waals surface area contributed by atoms with Crippen LogP contribution in [0.5, 0.6) is 0 Å². The molecule has 0 rings (SSSR count). The van der Waals surface area contributed by atoms with Crippen LogP contribution in [0.1, 0.15) is 13.8 Å². The Bertz CT molecular complexity index is 312. The summed E-state index contributed by atoms with van der Waals surface area (Å²) in [6, 6.07) is 0.786. The Kier molecular flexibility index (Phi) is 9.77. The molecule has 0 aromatic carbocycles. The van der Waals surface area contributed by atoms with Crippen molar-refractivity contribution in [1.29, 1.82) is 0 Å². The first kappa shape index (κ1) is 18.7. The average molecular weight is 277 g/mol. The lowest BCUT2D eigenvalue weighted by Crippen LogP contribution is -2.50. The maximum atomic E-state index is 4.02. The van der Waals surface area contributed by atoms with E-state index >= 15 is 0 Å². The molecule has 20 heavy (non-hydrogen) atoms. The van der Waals surface area contributed by atoms with Crippen LogP contribution in [0.2, 0.25) is 0 Å². The van der Waals surface area contributed by atoms with Crippen molar-refractivity contribution in [3.8, 4) is 0 Å². The maximum absolute atomic E-state index is 4.02. The van der Waals surface area contributed by atoms with Gasteiger partial charge in [-0.15, -0.1) is 19.7 Å². The Hall–Kier alpha value is -1.32. The van der Waals surface area contributed by atoms with E-state index in [0.717, 1.165) is 31.9 Å². The number of nitrogens with one attached hydrogen (secondary N) is 1. The Morgan fingerprint density at radius 2 is 1.35 bits per heavy atom. The van der Waals surface area contributed by atoms with Gasteiger partial charge in [-0.25, -0.2) is 0 Å². The monoisotopic (exact) mass is 277 g/mol. The van der Waals surface area contributed by atoms with Gasteiger partial charge in [0.05, 0.1) is 0 Å². The predicted molar refractivity (Wildman–Crippen MR) is 90.9 cm³/mol. The lowest BCUT2D eigenvalue weighted by atomic mass is 10.1. The van der Waals surface area contributed by atoms with Crippen molar-refractivity contribution >= 4 is 0 Å². The first-order valence-electron chi connectivity index (χ1n) is 7.18. The molecule has 0 spiro atoms. The molecule has 0 aliphatic heterocycles. The normalized spacial score (nSPS) is 13.8. The summed E-state index contributed by atoms with van der Waals surface area (Å²) < 4.78 is 0. The molecule has 2 unspecified atom stereocenters. The summed E-state index contributed by atoms with van der Waals surface area (Å²) >= 11 is 0. The Balaban J connectivity index is 4.85. The number of rotatable bonds is 12. The van der Waals surface area contributed by atoms with Gasteiger partial charge >= 0.3 is 0 Å². The molecule has 3 nitrogen and oxygen atoms in total. The molecular formula is C17H31N3.